The van der Waals surface area contributed by atoms with Gasteiger partial charge < -0.3 is 14.6 Å². The van der Waals surface area contributed by atoms with E-state index in [4.69, 9.17) is 9.47 Å². The van der Waals surface area contributed by atoms with Gasteiger partial charge in [0.2, 0.25) is 0 Å². The van der Waals surface area contributed by atoms with Crippen LogP contribution in [0, 0.1) is 17.3 Å². The number of rotatable bonds is 11. The molecule has 0 heterocycles. The molecule has 0 saturated carbocycles. The molecule has 21 heavy (non-hydrogen) atoms. The van der Waals surface area contributed by atoms with Gasteiger partial charge in [-0.2, -0.15) is 0 Å². The molecule has 0 aliphatic rings. The smallest absolute Gasteiger partial charge is 0.0674 e. The highest BCUT2D eigenvalue weighted by Crippen LogP contribution is 2.28. The molecule has 0 aliphatic carbocycles. The Kier molecular flexibility index (Phi) is 9.06. The summed E-state index contributed by atoms with van der Waals surface area (Å²) in [6.45, 7) is 18.8. The Bertz CT molecular complexity index is 268. The van der Waals surface area contributed by atoms with Gasteiger partial charge in [-0.3, -0.25) is 0 Å². The summed E-state index contributed by atoms with van der Waals surface area (Å²) in [6, 6.07) is 0. The molecule has 1 N–H and O–H groups in total. The van der Waals surface area contributed by atoms with E-state index >= 15 is 0 Å². The molecule has 128 valence electrons. The molecule has 2 unspecified atom stereocenters. The van der Waals surface area contributed by atoms with Crippen molar-refractivity contribution in [1.82, 2.24) is 0 Å². The summed E-state index contributed by atoms with van der Waals surface area (Å²) in [5.74, 6) is 0.979. The van der Waals surface area contributed by atoms with E-state index < -0.39 is 0 Å². The van der Waals surface area contributed by atoms with Crippen LogP contribution in [0.15, 0.2) is 0 Å². The average Bonchev–Trinajstić information content (AvgIpc) is 2.41. The summed E-state index contributed by atoms with van der Waals surface area (Å²) >= 11 is 0. The van der Waals surface area contributed by atoms with Crippen molar-refractivity contribution in [1.29, 1.82) is 0 Å². The van der Waals surface area contributed by atoms with Crippen molar-refractivity contribution in [3.05, 3.63) is 0 Å². The third kappa shape index (κ3) is 7.62. The first kappa shape index (κ1) is 20.9. The number of hydrogen-bond donors (Lipinski definition) is 1. The second-order valence-corrected chi connectivity index (χ2v) is 7.68. The Morgan fingerprint density at radius 2 is 1.48 bits per heavy atom. The molecule has 0 aromatic rings. The largest absolute Gasteiger partial charge is 0.393 e. The standard InChI is InChI=1S/C18H38O3/c1-9-16(10-2)12-20-11-14(3)18(7,8)21-13-17(5,6)15(4)19/h14-16,19H,9-13H2,1-8H3. The van der Waals surface area contributed by atoms with Crippen LogP contribution in [0.3, 0.4) is 0 Å². The first-order valence-electron chi connectivity index (χ1n) is 8.46. The fourth-order valence-corrected chi connectivity index (χ4v) is 1.77. The van der Waals surface area contributed by atoms with Crippen LogP contribution in [0.4, 0.5) is 0 Å². The Morgan fingerprint density at radius 1 is 0.952 bits per heavy atom. The number of aliphatic hydroxyl groups is 1. The van der Waals surface area contributed by atoms with E-state index in [0.717, 1.165) is 13.2 Å². The van der Waals surface area contributed by atoms with Crippen molar-refractivity contribution in [3.8, 4) is 0 Å². The van der Waals surface area contributed by atoms with Gasteiger partial charge in [-0.1, -0.05) is 47.5 Å². The lowest BCUT2D eigenvalue weighted by Crippen LogP contribution is -2.41. The fraction of sp³-hybridized carbons (Fsp3) is 1.00. The van der Waals surface area contributed by atoms with Gasteiger partial charge >= 0.3 is 0 Å². The maximum Gasteiger partial charge on any atom is 0.0674 e. The van der Waals surface area contributed by atoms with Gasteiger partial charge in [-0.15, -0.1) is 0 Å². The van der Waals surface area contributed by atoms with Crippen LogP contribution in [-0.4, -0.2) is 36.6 Å². The van der Waals surface area contributed by atoms with E-state index in [9.17, 15) is 5.11 Å². The molecule has 0 aromatic heterocycles. The maximum atomic E-state index is 9.77. The van der Waals surface area contributed by atoms with E-state index in [0.29, 0.717) is 18.4 Å². The molecule has 0 fully saturated rings. The first-order chi connectivity index (χ1) is 9.56. The van der Waals surface area contributed by atoms with E-state index in [-0.39, 0.29) is 17.1 Å². The van der Waals surface area contributed by atoms with Crippen LogP contribution < -0.4 is 0 Å². The number of ether oxygens (including phenoxy) is 2. The summed E-state index contributed by atoms with van der Waals surface area (Å²) in [5.41, 5.74) is -0.479. The third-order valence-electron chi connectivity index (χ3n) is 5.01. The summed E-state index contributed by atoms with van der Waals surface area (Å²) in [6.07, 6.45) is 1.97. The van der Waals surface area contributed by atoms with Gasteiger partial charge in [-0.25, -0.2) is 0 Å². The molecule has 0 rings (SSSR count). The molecule has 2 atom stereocenters. The highest BCUT2D eigenvalue weighted by Gasteiger charge is 2.32. The van der Waals surface area contributed by atoms with Gasteiger partial charge in [-0.05, 0) is 26.7 Å². The average molecular weight is 302 g/mol. The van der Waals surface area contributed by atoms with E-state index in [1.54, 1.807) is 0 Å². The van der Waals surface area contributed by atoms with Crippen LogP contribution in [-0.2, 0) is 9.47 Å². The second-order valence-electron chi connectivity index (χ2n) is 7.68. The van der Waals surface area contributed by atoms with Crippen molar-refractivity contribution < 1.29 is 14.6 Å². The van der Waals surface area contributed by atoms with E-state index in [2.05, 4.69) is 34.6 Å². The van der Waals surface area contributed by atoms with Crippen molar-refractivity contribution >= 4 is 0 Å². The van der Waals surface area contributed by atoms with Crippen LogP contribution >= 0.6 is 0 Å². The van der Waals surface area contributed by atoms with Crippen LogP contribution in [0.5, 0.6) is 0 Å². The summed E-state index contributed by atoms with van der Waals surface area (Å²) in [7, 11) is 0. The van der Waals surface area contributed by atoms with E-state index in [1.165, 1.54) is 12.8 Å². The van der Waals surface area contributed by atoms with Gasteiger partial charge in [0.05, 0.1) is 24.9 Å². The van der Waals surface area contributed by atoms with Crippen LogP contribution in [0.25, 0.3) is 0 Å². The molecule has 3 nitrogen and oxygen atoms in total. The molecule has 0 bridgehead atoms. The zero-order chi connectivity index (χ0) is 16.7. The molecule has 0 radical (unpaired) electrons. The fourth-order valence-electron chi connectivity index (χ4n) is 1.77. The number of hydrogen-bond acceptors (Lipinski definition) is 3. The first-order valence-corrected chi connectivity index (χ1v) is 8.46. The van der Waals surface area contributed by atoms with Gasteiger partial charge in [0.25, 0.3) is 0 Å². The Labute approximate surface area is 132 Å². The zero-order valence-corrected chi connectivity index (χ0v) is 15.5. The SMILES string of the molecule is CCC(CC)COCC(C)C(C)(C)OCC(C)(C)C(C)O. The lowest BCUT2D eigenvalue weighted by molar-refractivity contribution is -0.120. The topological polar surface area (TPSA) is 38.7 Å². The summed E-state index contributed by atoms with van der Waals surface area (Å²) in [5, 5.41) is 9.77. The third-order valence-corrected chi connectivity index (χ3v) is 5.01. The van der Waals surface area contributed by atoms with Crippen molar-refractivity contribution in [2.45, 2.75) is 79.9 Å². The monoisotopic (exact) mass is 302 g/mol. The molecule has 0 spiro atoms. The van der Waals surface area contributed by atoms with Gasteiger partial charge in [0.1, 0.15) is 0 Å². The minimum atomic E-state index is -0.380. The molecule has 0 aliphatic heterocycles. The predicted octanol–water partition coefficient (Wildman–Crippen LogP) is 4.28. The lowest BCUT2D eigenvalue weighted by atomic mass is 9.87. The zero-order valence-electron chi connectivity index (χ0n) is 15.5. The minimum Gasteiger partial charge on any atom is -0.393 e. The Balaban J connectivity index is 4.24. The van der Waals surface area contributed by atoms with Gasteiger partial charge in [0, 0.05) is 17.9 Å². The van der Waals surface area contributed by atoms with Crippen LogP contribution in [0.1, 0.15) is 68.2 Å². The van der Waals surface area contributed by atoms with Gasteiger partial charge in [0.15, 0.2) is 0 Å². The molecule has 0 saturated heterocycles. The van der Waals surface area contributed by atoms with Crippen molar-refractivity contribution in [2.24, 2.45) is 17.3 Å². The summed E-state index contributed by atoms with van der Waals surface area (Å²) in [4.78, 5) is 0. The summed E-state index contributed by atoms with van der Waals surface area (Å²) < 4.78 is 12.0. The molecule has 0 amide bonds. The molecule has 0 aromatic carbocycles. The second kappa shape index (κ2) is 9.12. The van der Waals surface area contributed by atoms with E-state index in [1.807, 2.05) is 20.8 Å². The molecular weight excluding hydrogens is 264 g/mol. The highest BCUT2D eigenvalue weighted by molar-refractivity contribution is 4.80. The number of aliphatic hydroxyl groups excluding tert-OH is 1. The maximum absolute atomic E-state index is 9.77. The quantitative estimate of drug-likeness (QED) is 0.619. The van der Waals surface area contributed by atoms with Crippen molar-refractivity contribution in [3.63, 3.8) is 0 Å². The predicted molar refractivity (Wildman–Crippen MR) is 89.5 cm³/mol. The Morgan fingerprint density at radius 3 is 1.90 bits per heavy atom. The highest BCUT2D eigenvalue weighted by atomic mass is 16.5. The van der Waals surface area contributed by atoms with Crippen LogP contribution in [0.2, 0.25) is 0 Å². The molecule has 3 heteroatoms. The Hall–Kier alpha value is -0.120. The van der Waals surface area contributed by atoms with Crippen molar-refractivity contribution in [2.75, 3.05) is 19.8 Å². The normalized spacial score (nSPS) is 16.3. The lowest BCUT2D eigenvalue weighted by Gasteiger charge is -2.37. The molecular formula is C18H38O3. The minimum absolute atomic E-state index is 0.229.